The predicted molar refractivity (Wildman–Crippen MR) is 109 cm³/mol. The first kappa shape index (κ1) is 21.2. The number of halogens is 5. The second-order valence-electron chi connectivity index (χ2n) is 5.28. The van der Waals surface area contributed by atoms with Gasteiger partial charge in [0, 0.05) is 23.4 Å². The number of alkyl halides is 3. The molecule has 0 spiro atoms. The topological polar surface area (TPSA) is 74.1 Å². The second-order valence-corrected chi connectivity index (χ2v) is 8.12. The Balaban J connectivity index is 1.81. The van der Waals surface area contributed by atoms with Crippen molar-refractivity contribution >= 4 is 64.3 Å². The van der Waals surface area contributed by atoms with Crippen LogP contribution in [0.4, 0.5) is 24.8 Å². The monoisotopic (exact) mass is 545 g/mol. The van der Waals surface area contributed by atoms with E-state index in [0.29, 0.717) is 23.3 Å². The number of fused-ring (bicyclic) bond motifs is 1. The van der Waals surface area contributed by atoms with Crippen LogP contribution in [0.2, 0.25) is 5.28 Å². The number of hydrogen-bond donors (Lipinski definition) is 1. The fourth-order valence-corrected chi connectivity index (χ4v) is 3.14. The lowest BCUT2D eigenvalue weighted by atomic mass is 10.2. The molecule has 0 atom stereocenters. The molecule has 28 heavy (non-hydrogen) atoms. The zero-order chi connectivity index (χ0) is 20.1. The maximum atomic E-state index is 12.5. The maximum Gasteiger partial charge on any atom is 0.573 e. The fourth-order valence-electron chi connectivity index (χ4n) is 2.24. The third kappa shape index (κ3) is 5.99. The molecule has 3 aromatic rings. The molecule has 0 unspecified atom stereocenters. The van der Waals surface area contributed by atoms with Crippen LogP contribution < -0.4 is 10.1 Å². The quantitative estimate of drug-likeness (QED) is 0.238. The van der Waals surface area contributed by atoms with Crippen LogP contribution in [-0.2, 0) is 11.5 Å². The van der Waals surface area contributed by atoms with E-state index in [0.717, 1.165) is 11.8 Å². The van der Waals surface area contributed by atoms with Gasteiger partial charge >= 0.3 is 6.36 Å². The van der Waals surface area contributed by atoms with Crippen LogP contribution >= 0.6 is 41.7 Å². The SMILES string of the molecule is FC(F)(F)Oc1ccc2nc(Cl)nc(Nc3ccn(COCCSI)n3)c2c1. The molecular formula is C15H12ClF3IN5O2S. The van der Waals surface area contributed by atoms with Crippen molar-refractivity contribution in [2.75, 3.05) is 17.7 Å². The van der Waals surface area contributed by atoms with Gasteiger partial charge in [0.1, 0.15) is 18.3 Å². The highest BCUT2D eigenvalue weighted by atomic mass is 127. The summed E-state index contributed by atoms with van der Waals surface area (Å²) in [7, 11) is 1.65. The van der Waals surface area contributed by atoms with Crippen LogP contribution in [0, 0.1) is 0 Å². The Hall–Kier alpha value is -1.51. The van der Waals surface area contributed by atoms with Gasteiger partial charge in [-0.3, -0.25) is 0 Å². The van der Waals surface area contributed by atoms with E-state index in [1.165, 1.54) is 12.1 Å². The number of ether oxygens (including phenoxy) is 2. The number of rotatable bonds is 8. The average molecular weight is 546 g/mol. The van der Waals surface area contributed by atoms with Gasteiger partial charge in [-0.15, -0.1) is 13.2 Å². The predicted octanol–water partition coefficient (Wildman–Crippen LogP) is 5.18. The molecule has 7 nitrogen and oxygen atoms in total. The largest absolute Gasteiger partial charge is 0.573 e. The van der Waals surface area contributed by atoms with Crippen molar-refractivity contribution in [2.24, 2.45) is 0 Å². The van der Waals surface area contributed by atoms with E-state index >= 15 is 0 Å². The highest BCUT2D eigenvalue weighted by molar-refractivity contribution is 14.2. The van der Waals surface area contributed by atoms with E-state index in [1.807, 2.05) is 0 Å². The molecular weight excluding hydrogens is 534 g/mol. The summed E-state index contributed by atoms with van der Waals surface area (Å²) in [4.78, 5) is 8.06. The zero-order valence-electron chi connectivity index (χ0n) is 13.9. The molecule has 1 N–H and O–H groups in total. The van der Waals surface area contributed by atoms with Crippen molar-refractivity contribution in [1.82, 2.24) is 19.7 Å². The summed E-state index contributed by atoms with van der Waals surface area (Å²) in [6.45, 7) is 0.859. The number of nitrogens with zero attached hydrogens (tertiary/aromatic N) is 4. The molecule has 0 amide bonds. The van der Waals surface area contributed by atoms with Gasteiger partial charge in [0.05, 0.1) is 12.1 Å². The molecule has 2 aromatic heterocycles. The molecule has 3 rings (SSSR count). The van der Waals surface area contributed by atoms with Crippen LogP contribution in [0.1, 0.15) is 0 Å². The number of hydrogen-bond acceptors (Lipinski definition) is 7. The first-order chi connectivity index (χ1) is 13.3. The molecule has 0 aliphatic heterocycles. The van der Waals surface area contributed by atoms with E-state index in [1.54, 1.807) is 25.9 Å². The number of nitrogens with one attached hydrogen (secondary N) is 1. The third-order valence-corrected chi connectivity index (χ3v) is 5.10. The normalized spacial score (nSPS) is 11.8. The summed E-state index contributed by atoms with van der Waals surface area (Å²) >= 11 is 8.11. The van der Waals surface area contributed by atoms with Crippen molar-refractivity contribution in [2.45, 2.75) is 13.1 Å². The van der Waals surface area contributed by atoms with Gasteiger partial charge in [-0.2, -0.15) is 10.1 Å². The van der Waals surface area contributed by atoms with Gasteiger partial charge in [0.15, 0.2) is 5.82 Å². The minimum atomic E-state index is -4.80. The van der Waals surface area contributed by atoms with E-state index in [4.69, 9.17) is 16.3 Å². The molecule has 0 saturated carbocycles. The van der Waals surface area contributed by atoms with Crippen molar-refractivity contribution in [3.05, 3.63) is 35.7 Å². The number of aromatic nitrogens is 4. The summed E-state index contributed by atoms with van der Waals surface area (Å²) in [5.74, 6) is 1.10. The Labute approximate surface area is 178 Å². The Morgan fingerprint density at radius 3 is 2.82 bits per heavy atom. The Bertz CT molecular complexity index is 959. The lowest BCUT2D eigenvalue weighted by molar-refractivity contribution is -0.274. The lowest BCUT2D eigenvalue weighted by Gasteiger charge is -2.11. The third-order valence-electron chi connectivity index (χ3n) is 3.29. The van der Waals surface area contributed by atoms with E-state index in [9.17, 15) is 13.2 Å². The van der Waals surface area contributed by atoms with Crippen LogP contribution in [0.5, 0.6) is 5.75 Å². The molecule has 150 valence electrons. The summed E-state index contributed by atoms with van der Waals surface area (Å²) in [5.41, 5.74) is 0.357. The van der Waals surface area contributed by atoms with Gasteiger partial charge in [-0.1, -0.05) is 8.93 Å². The van der Waals surface area contributed by atoms with Gasteiger partial charge in [0.25, 0.3) is 0 Å². The Morgan fingerprint density at radius 1 is 1.25 bits per heavy atom. The summed E-state index contributed by atoms with van der Waals surface area (Å²) < 4.78 is 48.5. The van der Waals surface area contributed by atoms with Crippen LogP contribution in [0.3, 0.4) is 0 Å². The summed E-state index contributed by atoms with van der Waals surface area (Å²) in [6.07, 6.45) is -3.11. The molecule has 0 fully saturated rings. The van der Waals surface area contributed by atoms with Crippen molar-refractivity contribution in [3.8, 4) is 5.75 Å². The first-order valence-electron chi connectivity index (χ1n) is 7.69. The fraction of sp³-hybridized carbons (Fsp3) is 0.267. The zero-order valence-corrected chi connectivity index (χ0v) is 17.6. The standard InChI is InChI=1S/C15H12ClF3IN5O2S/c16-14-21-11-2-1-9(27-15(17,18)19)7-10(11)13(23-14)22-12-3-4-25(24-12)8-26-5-6-28-20/h1-4,7H,5-6,8H2,(H,21,22,23,24). The summed E-state index contributed by atoms with van der Waals surface area (Å²) in [5, 5.41) is 7.46. The smallest absolute Gasteiger partial charge is 0.406 e. The van der Waals surface area contributed by atoms with Crippen LogP contribution in [0.15, 0.2) is 30.5 Å². The van der Waals surface area contributed by atoms with Crippen LogP contribution in [-0.4, -0.2) is 38.5 Å². The highest BCUT2D eigenvalue weighted by Gasteiger charge is 2.31. The van der Waals surface area contributed by atoms with E-state index < -0.39 is 6.36 Å². The van der Waals surface area contributed by atoms with E-state index in [-0.39, 0.29) is 23.6 Å². The second kappa shape index (κ2) is 9.33. The minimum Gasteiger partial charge on any atom is -0.406 e. The molecule has 13 heteroatoms. The van der Waals surface area contributed by atoms with Gasteiger partial charge in [-0.25, -0.2) is 9.67 Å². The van der Waals surface area contributed by atoms with Gasteiger partial charge in [-0.05, 0) is 51.0 Å². The van der Waals surface area contributed by atoms with Crippen molar-refractivity contribution in [3.63, 3.8) is 0 Å². The van der Waals surface area contributed by atoms with Gasteiger partial charge in [0.2, 0.25) is 5.28 Å². The Morgan fingerprint density at radius 2 is 2.07 bits per heavy atom. The number of benzene rings is 1. The summed E-state index contributed by atoms with van der Waals surface area (Å²) in [6, 6.07) is 5.38. The molecule has 0 radical (unpaired) electrons. The average Bonchev–Trinajstić information content (AvgIpc) is 3.05. The Kier molecular flexibility index (Phi) is 7.06. The molecule has 0 aliphatic carbocycles. The lowest BCUT2D eigenvalue weighted by Crippen LogP contribution is -2.17. The number of anilines is 2. The molecule has 0 saturated heterocycles. The molecule has 2 heterocycles. The van der Waals surface area contributed by atoms with E-state index in [2.05, 4.69) is 46.3 Å². The first-order valence-corrected chi connectivity index (χ1v) is 11.6. The molecule has 0 aliphatic rings. The van der Waals surface area contributed by atoms with Crippen molar-refractivity contribution < 1.29 is 22.6 Å². The molecule has 0 bridgehead atoms. The maximum absolute atomic E-state index is 12.5. The highest BCUT2D eigenvalue weighted by Crippen LogP contribution is 2.30. The van der Waals surface area contributed by atoms with Crippen LogP contribution in [0.25, 0.3) is 10.9 Å². The minimum absolute atomic E-state index is 0.0569. The molecule has 1 aromatic carbocycles. The van der Waals surface area contributed by atoms with Crippen molar-refractivity contribution in [1.29, 1.82) is 0 Å². The van der Waals surface area contributed by atoms with Gasteiger partial charge < -0.3 is 14.8 Å².